The van der Waals surface area contributed by atoms with Crippen molar-refractivity contribution in [2.45, 2.75) is 12.8 Å². The molecule has 1 aliphatic rings. The van der Waals surface area contributed by atoms with Gasteiger partial charge in [0.1, 0.15) is 18.1 Å². The van der Waals surface area contributed by atoms with Gasteiger partial charge in [-0.2, -0.15) is 4.99 Å². The molecule has 2 aromatic carbocycles. The zero-order valence-corrected chi connectivity index (χ0v) is 13.7. The molecule has 0 unspecified atom stereocenters. The van der Waals surface area contributed by atoms with Crippen molar-refractivity contribution < 1.29 is 9.47 Å². The second-order valence-corrected chi connectivity index (χ2v) is 5.76. The fourth-order valence-electron chi connectivity index (χ4n) is 2.68. The molecule has 0 spiro atoms. The van der Waals surface area contributed by atoms with Gasteiger partial charge in [-0.3, -0.25) is 4.90 Å². The van der Waals surface area contributed by atoms with Gasteiger partial charge >= 0.3 is 0 Å². The van der Waals surface area contributed by atoms with Crippen molar-refractivity contribution in [3.63, 3.8) is 0 Å². The molecule has 2 aromatic rings. The van der Waals surface area contributed by atoms with E-state index in [-0.39, 0.29) is 6.02 Å². The lowest BCUT2D eigenvalue weighted by Crippen LogP contribution is -2.25. The van der Waals surface area contributed by atoms with Crippen molar-refractivity contribution in [2.24, 2.45) is 10.7 Å². The van der Waals surface area contributed by atoms with Crippen molar-refractivity contribution in [2.75, 3.05) is 26.2 Å². The van der Waals surface area contributed by atoms with Crippen molar-refractivity contribution in [3.05, 3.63) is 54.6 Å². The summed E-state index contributed by atoms with van der Waals surface area (Å²) in [5.74, 6) is 1.47. The number of ether oxygens (including phenoxy) is 2. The number of benzene rings is 2. The summed E-state index contributed by atoms with van der Waals surface area (Å²) in [4.78, 5) is 6.63. The Balaban J connectivity index is 1.48. The van der Waals surface area contributed by atoms with E-state index in [2.05, 4.69) is 9.89 Å². The quantitative estimate of drug-likeness (QED) is 0.654. The first kappa shape index (κ1) is 16.3. The third kappa shape index (κ3) is 4.99. The highest BCUT2D eigenvalue weighted by Crippen LogP contribution is 2.18. The van der Waals surface area contributed by atoms with Gasteiger partial charge < -0.3 is 15.2 Å². The minimum atomic E-state index is 0.115. The van der Waals surface area contributed by atoms with Crippen LogP contribution in [0.3, 0.4) is 0 Å². The largest absolute Gasteiger partial charge is 0.492 e. The van der Waals surface area contributed by atoms with Gasteiger partial charge in [0.2, 0.25) is 0 Å². The lowest BCUT2D eigenvalue weighted by atomic mass is 10.3. The molecule has 0 bridgehead atoms. The van der Waals surface area contributed by atoms with Crippen molar-refractivity contribution in [1.29, 1.82) is 0 Å². The molecule has 5 heteroatoms. The first-order chi connectivity index (χ1) is 11.8. The molecule has 1 heterocycles. The van der Waals surface area contributed by atoms with E-state index in [4.69, 9.17) is 15.2 Å². The summed E-state index contributed by atoms with van der Waals surface area (Å²) in [5.41, 5.74) is 6.58. The summed E-state index contributed by atoms with van der Waals surface area (Å²) < 4.78 is 11.3. The number of hydrogen-bond acceptors (Lipinski definition) is 4. The average Bonchev–Trinajstić information content (AvgIpc) is 3.11. The minimum Gasteiger partial charge on any atom is -0.492 e. The predicted octanol–water partition coefficient (Wildman–Crippen LogP) is 3.19. The van der Waals surface area contributed by atoms with Gasteiger partial charge in [-0.05, 0) is 62.3 Å². The van der Waals surface area contributed by atoms with E-state index in [0.717, 1.165) is 18.0 Å². The van der Waals surface area contributed by atoms with E-state index >= 15 is 0 Å². The fraction of sp³-hybridized carbons (Fsp3) is 0.316. The summed E-state index contributed by atoms with van der Waals surface area (Å²) >= 11 is 0. The van der Waals surface area contributed by atoms with E-state index in [1.807, 2.05) is 54.6 Å². The van der Waals surface area contributed by atoms with Crippen LogP contribution in [0.5, 0.6) is 11.5 Å². The number of nitrogens with zero attached hydrogens (tertiary/aromatic N) is 2. The normalized spacial score (nSPS) is 15.4. The van der Waals surface area contributed by atoms with E-state index in [1.165, 1.54) is 25.9 Å². The van der Waals surface area contributed by atoms with Crippen LogP contribution in [0.1, 0.15) is 12.8 Å². The molecular formula is C19H23N3O2. The van der Waals surface area contributed by atoms with Crippen molar-refractivity contribution >= 4 is 11.7 Å². The van der Waals surface area contributed by atoms with Gasteiger partial charge in [0, 0.05) is 6.54 Å². The van der Waals surface area contributed by atoms with Gasteiger partial charge in [0.05, 0.1) is 5.69 Å². The monoisotopic (exact) mass is 325 g/mol. The lowest BCUT2D eigenvalue weighted by Gasteiger charge is -2.15. The molecule has 0 radical (unpaired) electrons. The highest BCUT2D eigenvalue weighted by Gasteiger charge is 2.10. The molecule has 1 aliphatic heterocycles. The Morgan fingerprint density at radius 3 is 2.33 bits per heavy atom. The second-order valence-electron chi connectivity index (χ2n) is 5.76. The zero-order chi connectivity index (χ0) is 16.6. The van der Waals surface area contributed by atoms with E-state index < -0.39 is 0 Å². The molecule has 0 amide bonds. The smallest absolute Gasteiger partial charge is 0.292 e. The molecule has 0 aromatic heterocycles. The Hall–Kier alpha value is -2.53. The van der Waals surface area contributed by atoms with Crippen LogP contribution in [0, 0.1) is 0 Å². The Labute approximate surface area is 142 Å². The molecule has 0 aliphatic carbocycles. The summed E-state index contributed by atoms with van der Waals surface area (Å²) in [6.45, 7) is 4.07. The van der Waals surface area contributed by atoms with E-state index in [1.54, 1.807) is 0 Å². The van der Waals surface area contributed by atoms with Crippen LogP contribution in [-0.4, -0.2) is 37.2 Å². The summed E-state index contributed by atoms with van der Waals surface area (Å²) in [7, 11) is 0. The number of nitrogens with two attached hydrogens (primary N) is 1. The summed E-state index contributed by atoms with van der Waals surface area (Å²) in [6.07, 6.45) is 2.61. The zero-order valence-electron chi connectivity index (χ0n) is 13.7. The van der Waals surface area contributed by atoms with Crippen LogP contribution < -0.4 is 15.2 Å². The summed E-state index contributed by atoms with van der Waals surface area (Å²) in [6, 6.07) is 17.0. The predicted molar refractivity (Wildman–Crippen MR) is 96.0 cm³/mol. The van der Waals surface area contributed by atoms with Gasteiger partial charge in [-0.25, -0.2) is 0 Å². The van der Waals surface area contributed by atoms with Gasteiger partial charge in [0.25, 0.3) is 6.02 Å². The summed E-state index contributed by atoms with van der Waals surface area (Å²) in [5, 5.41) is 0. The molecule has 2 N–H and O–H groups in total. The molecule has 0 saturated carbocycles. The maximum atomic E-state index is 5.82. The first-order valence-corrected chi connectivity index (χ1v) is 8.32. The molecule has 1 fully saturated rings. The Morgan fingerprint density at radius 2 is 1.62 bits per heavy atom. The van der Waals surface area contributed by atoms with Crippen LogP contribution in [0.15, 0.2) is 59.6 Å². The highest BCUT2D eigenvalue weighted by atomic mass is 16.5. The first-order valence-electron chi connectivity index (χ1n) is 8.32. The number of likely N-dealkylation sites (tertiary alicyclic amines) is 1. The Morgan fingerprint density at radius 1 is 0.958 bits per heavy atom. The molecule has 126 valence electrons. The molecule has 5 nitrogen and oxygen atoms in total. The number of hydrogen-bond donors (Lipinski definition) is 1. The van der Waals surface area contributed by atoms with Gasteiger partial charge in [0.15, 0.2) is 0 Å². The Kier molecular flexibility index (Phi) is 5.69. The lowest BCUT2D eigenvalue weighted by molar-refractivity contribution is 0.237. The minimum absolute atomic E-state index is 0.115. The van der Waals surface area contributed by atoms with E-state index in [0.29, 0.717) is 12.4 Å². The molecule has 24 heavy (non-hydrogen) atoms. The number of rotatable bonds is 6. The third-order valence-corrected chi connectivity index (χ3v) is 3.92. The van der Waals surface area contributed by atoms with E-state index in [9.17, 15) is 0 Å². The van der Waals surface area contributed by atoms with Gasteiger partial charge in [-0.1, -0.05) is 18.2 Å². The number of para-hydroxylation sites is 1. The third-order valence-electron chi connectivity index (χ3n) is 3.92. The van der Waals surface area contributed by atoms with Crippen LogP contribution in [0.4, 0.5) is 5.69 Å². The highest BCUT2D eigenvalue weighted by molar-refractivity contribution is 5.77. The fourth-order valence-corrected chi connectivity index (χ4v) is 2.68. The molecule has 3 rings (SSSR count). The molecular weight excluding hydrogens is 302 g/mol. The maximum Gasteiger partial charge on any atom is 0.292 e. The second kappa shape index (κ2) is 8.36. The number of amidine groups is 1. The van der Waals surface area contributed by atoms with Crippen LogP contribution in [0.2, 0.25) is 0 Å². The Bertz CT molecular complexity index is 650. The molecule has 0 atom stereocenters. The number of aliphatic imine (C=N–C) groups is 1. The molecule has 1 saturated heterocycles. The maximum absolute atomic E-state index is 5.82. The van der Waals surface area contributed by atoms with Crippen LogP contribution >= 0.6 is 0 Å². The van der Waals surface area contributed by atoms with Crippen LogP contribution in [-0.2, 0) is 0 Å². The topological polar surface area (TPSA) is 60.1 Å². The SMILES string of the molecule is NC(=Nc1ccccc1)Oc1ccc(OCCN2CCCC2)cc1. The standard InChI is InChI=1S/C19H23N3O2/c20-19(21-16-6-2-1-3-7-16)24-18-10-8-17(9-11-18)23-15-14-22-12-4-5-13-22/h1-3,6-11H,4-5,12-15H2,(H2,20,21). The average molecular weight is 325 g/mol. The van der Waals surface area contributed by atoms with Gasteiger partial charge in [-0.15, -0.1) is 0 Å². The van der Waals surface area contributed by atoms with Crippen LogP contribution in [0.25, 0.3) is 0 Å². The van der Waals surface area contributed by atoms with Crippen molar-refractivity contribution in [3.8, 4) is 11.5 Å². The van der Waals surface area contributed by atoms with Crippen molar-refractivity contribution in [1.82, 2.24) is 4.90 Å².